The Balaban J connectivity index is 1.77. The molecule has 0 unspecified atom stereocenters. The molecule has 5 heteroatoms. The van der Waals surface area contributed by atoms with Gasteiger partial charge in [0.2, 0.25) is 0 Å². The number of halogens is 3. The maximum absolute atomic E-state index is 12.6. The van der Waals surface area contributed by atoms with Crippen LogP contribution in [0.15, 0.2) is 61.3 Å². The molecule has 0 saturated heterocycles. The molecule has 0 atom stereocenters. The zero-order chi connectivity index (χ0) is 20.9. The van der Waals surface area contributed by atoms with Gasteiger partial charge in [0.05, 0.1) is 5.69 Å². The second-order valence-electron chi connectivity index (χ2n) is 6.96. The molecule has 3 rings (SSSR count). The van der Waals surface area contributed by atoms with Crippen molar-refractivity contribution in [2.24, 2.45) is 0 Å². The van der Waals surface area contributed by atoms with E-state index in [0.29, 0.717) is 23.5 Å². The fourth-order valence-electron chi connectivity index (χ4n) is 3.35. The first-order valence-corrected chi connectivity index (χ1v) is 9.55. The number of alkyl halides is 3. The summed E-state index contributed by atoms with van der Waals surface area (Å²) in [5, 5.41) is 0. The summed E-state index contributed by atoms with van der Waals surface area (Å²) < 4.78 is 37.8. The summed E-state index contributed by atoms with van der Waals surface area (Å²) in [5.74, 6) is 0.553. The van der Waals surface area contributed by atoms with E-state index in [0.717, 1.165) is 12.0 Å². The highest BCUT2D eigenvalue weighted by Gasteiger charge is 2.27. The Labute approximate surface area is 169 Å². The summed E-state index contributed by atoms with van der Waals surface area (Å²) in [4.78, 5) is 8.71. The van der Waals surface area contributed by atoms with Crippen LogP contribution in [0, 0.1) is 6.92 Å². The van der Waals surface area contributed by atoms with Gasteiger partial charge in [0.15, 0.2) is 0 Å². The predicted octanol–water partition coefficient (Wildman–Crippen LogP) is 6.38. The molecule has 0 bridgehead atoms. The molecule has 2 aromatic carbocycles. The average molecular weight is 396 g/mol. The third kappa shape index (κ3) is 5.53. The maximum Gasteiger partial charge on any atom is 0.389 e. The number of nitrogens with zero attached hydrogens (tertiary/aromatic N) is 2. The first-order valence-electron chi connectivity index (χ1n) is 9.55. The summed E-state index contributed by atoms with van der Waals surface area (Å²) >= 11 is 0. The van der Waals surface area contributed by atoms with E-state index in [4.69, 9.17) is 0 Å². The maximum atomic E-state index is 12.6. The van der Waals surface area contributed by atoms with Gasteiger partial charge in [0.1, 0.15) is 5.82 Å². The van der Waals surface area contributed by atoms with E-state index in [1.54, 1.807) is 6.20 Å². The Morgan fingerprint density at radius 1 is 0.966 bits per heavy atom. The van der Waals surface area contributed by atoms with Crippen LogP contribution in [0.5, 0.6) is 0 Å². The standard InChI is InChI=1S/C24H23F3N2/c1-3-18-16-28-23(29-22(18)14-15-24(25,26)27)13-12-19-10-7-11-21(17(19)2)20-8-5-4-6-9-20/h3-11,16H,1,12-15H2,2H3. The highest BCUT2D eigenvalue weighted by Crippen LogP contribution is 2.26. The molecule has 0 aliphatic rings. The van der Waals surface area contributed by atoms with Gasteiger partial charge in [-0.1, -0.05) is 61.2 Å². The highest BCUT2D eigenvalue weighted by atomic mass is 19.4. The molecule has 1 aromatic heterocycles. The number of aryl methyl sites for hydroxylation is 3. The fourth-order valence-corrected chi connectivity index (χ4v) is 3.35. The molecule has 0 amide bonds. The van der Waals surface area contributed by atoms with Crippen molar-refractivity contribution < 1.29 is 13.2 Å². The van der Waals surface area contributed by atoms with Gasteiger partial charge in [-0.25, -0.2) is 9.97 Å². The lowest BCUT2D eigenvalue weighted by molar-refractivity contribution is -0.134. The second kappa shape index (κ2) is 9.03. The first kappa shape index (κ1) is 20.8. The van der Waals surface area contributed by atoms with Crippen LogP contribution in [0.3, 0.4) is 0 Å². The molecule has 0 aliphatic heterocycles. The van der Waals surface area contributed by atoms with Crippen molar-refractivity contribution in [3.05, 3.63) is 89.5 Å². The minimum Gasteiger partial charge on any atom is -0.241 e. The van der Waals surface area contributed by atoms with Crippen LogP contribution in [0.2, 0.25) is 0 Å². The second-order valence-corrected chi connectivity index (χ2v) is 6.96. The van der Waals surface area contributed by atoms with Gasteiger partial charge in [-0.05, 0) is 42.0 Å². The molecule has 0 saturated carbocycles. The molecular weight excluding hydrogens is 373 g/mol. The van der Waals surface area contributed by atoms with Gasteiger partial charge in [-0.2, -0.15) is 13.2 Å². The molecule has 29 heavy (non-hydrogen) atoms. The highest BCUT2D eigenvalue weighted by molar-refractivity contribution is 5.68. The van der Waals surface area contributed by atoms with E-state index in [1.165, 1.54) is 22.8 Å². The Kier molecular flexibility index (Phi) is 6.47. The van der Waals surface area contributed by atoms with Crippen molar-refractivity contribution in [1.82, 2.24) is 9.97 Å². The molecule has 0 aliphatic carbocycles. The predicted molar refractivity (Wildman–Crippen MR) is 111 cm³/mol. The molecular formula is C24H23F3N2. The van der Waals surface area contributed by atoms with E-state index in [-0.39, 0.29) is 6.42 Å². The van der Waals surface area contributed by atoms with E-state index >= 15 is 0 Å². The van der Waals surface area contributed by atoms with Crippen molar-refractivity contribution in [2.45, 2.75) is 38.8 Å². The fraction of sp³-hybridized carbons (Fsp3) is 0.250. The van der Waals surface area contributed by atoms with Crippen LogP contribution in [0.25, 0.3) is 17.2 Å². The molecule has 3 aromatic rings. The zero-order valence-corrected chi connectivity index (χ0v) is 16.3. The average Bonchev–Trinajstić information content (AvgIpc) is 2.71. The smallest absolute Gasteiger partial charge is 0.241 e. The monoisotopic (exact) mass is 396 g/mol. The Morgan fingerprint density at radius 3 is 2.41 bits per heavy atom. The largest absolute Gasteiger partial charge is 0.389 e. The summed E-state index contributed by atoms with van der Waals surface area (Å²) in [6.07, 6.45) is -0.921. The molecule has 2 nitrogen and oxygen atoms in total. The van der Waals surface area contributed by atoms with E-state index < -0.39 is 12.6 Å². The Bertz CT molecular complexity index is 979. The third-order valence-electron chi connectivity index (χ3n) is 4.96. The summed E-state index contributed by atoms with van der Waals surface area (Å²) in [7, 11) is 0. The summed E-state index contributed by atoms with van der Waals surface area (Å²) in [6, 6.07) is 16.4. The molecule has 0 fully saturated rings. The lowest BCUT2D eigenvalue weighted by Crippen LogP contribution is -2.11. The van der Waals surface area contributed by atoms with Gasteiger partial charge in [0.25, 0.3) is 0 Å². The van der Waals surface area contributed by atoms with Crippen LogP contribution in [0.4, 0.5) is 13.2 Å². The van der Waals surface area contributed by atoms with Crippen molar-refractivity contribution in [2.75, 3.05) is 0 Å². The van der Waals surface area contributed by atoms with Crippen molar-refractivity contribution in [3.63, 3.8) is 0 Å². The Hall–Kier alpha value is -2.95. The number of hydrogen-bond acceptors (Lipinski definition) is 2. The van der Waals surface area contributed by atoms with Gasteiger partial charge < -0.3 is 0 Å². The van der Waals surface area contributed by atoms with Crippen LogP contribution >= 0.6 is 0 Å². The first-order chi connectivity index (χ1) is 13.9. The number of rotatable bonds is 7. The van der Waals surface area contributed by atoms with Gasteiger partial charge in [-0.15, -0.1) is 0 Å². The Morgan fingerprint density at radius 2 is 1.72 bits per heavy atom. The minimum atomic E-state index is -4.21. The number of aromatic nitrogens is 2. The molecule has 0 spiro atoms. The van der Waals surface area contributed by atoms with Gasteiger partial charge in [-0.3, -0.25) is 0 Å². The van der Waals surface area contributed by atoms with Crippen LogP contribution in [-0.4, -0.2) is 16.1 Å². The van der Waals surface area contributed by atoms with Crippen molar-refractivity contribution in [1.29, 1.82) is 0 Å². The molecule has 0 N–H and O–H groups in total. The minimum absolute atomic E-state index is 0.164. The molecule has 0 radical (unpaired) electrons. The van der Waals surface area contributed by atoms with Gasteiger partial charge in [0, 0.05) is 24.6 Å². The SMILES string of the molecule is C=Cc1cnc(CCc2cccc(-c3ccccc3)c2C)nc1CCC(F)(F)F. The van der Waals surface area contributed by atoms with Crippen LogP contribution < -0.4 is 0 Å². The van der Waals surface area contributed by atoms with Gasteiger partial charge >= 0.3 is 6.18 Å². The summed E-state index contributed by atoms with van der Waals surface area (Å²) in [5.41, 5.74) is 5.67. The quantitative estimate of drug-likeness (QED) is 0.463. The van der Waals surface area contributed by atoms with Crippen LogP contribution in [0.1, 0.15) is 34.6 Å². The lowest BCUT2D eigenvalue weighted by atomic mass is 9.94. The van der Waals surface area contributed by atoms with Crippen molar-refractivity contribution in [3.8, 4) is 11.1 Å². The lowest BCUT2D eigenvalue weighted by Gasteiger charge is -2.12. The molecule has 1 heterocycles. The van der Waals surface area contributed by atoms with Crippen molar-refractivity contribution >= 4 is 6.08 Å². The number of hydrogen-bond donors (Lipinski definition) is 0. The third-order valence-corrected chi connectivity index (χ3v) is 4.96. The van der Waals surface area contributed by atoms with E-state index in [9.17, 15) is 13.2 Å². The molecule has 150 valence electrons. The summed E-state index contributed by atoms with van der Waals surface area (Å²) in [6.45, 7) is 5.74. The van der Waals surface area contributed by atoms with E-state index in [2.05, 4.69) is 47.7 Å². The normalized spacial score (nSPS) is 11.4. The van der Waals surface area contributed by atoms with Crippen LogP contribution in [-0.2, 0) is 19.3 Å². The van der Waals surface area contributed by atoms with E-state index in [1.807, 2.05) is 24.3 Å². The number of benzene rings is 2. The zero-order valence-electron chi connectivity index (χ0n) is 16.3. The topological polar surface area (TPSA) is 25.8 Å².